The molecule has 1 aromatic carbocycles. The fourth-order valence-corrected chi connectivity index (χ4v) is 3.94. The summed E-state index contributed by atoms with van der Waals surface area (Å²) in [6.45, 7) is 4.70. The number of benzene rings is 1. The Labute approximate surface area is 176 Å². The molecule has 1 aliphatic rings. The molecule has 1 atom stereocenters. The number of carbonyl (C=O) groups excluding carboxylic acids is 2. The number of anilines is 1. The van der Waals surface area contributed by atoms with Crippen LogP contribution in [-0.4, -0.2) is 40.8 Å². The van der Waals surface area contributed by atoms with Crippen molar-refractivity contribution in [3.63, 3.8) is 0 Å². The minimum Gasteiger partial charge on any atom is -0.341 e. The van der Waals surface area contributed by atoms with Gasteiger partial charge in [-0.05, 0) is 44.5 Å². The highest BCUT2D eigenvalue weighted by atomic mass is 32.1. The summed E-state index contributed by atoms with van der Waals surface area (Å²) in [5, 5.41) is 8.04. The van der Waals surface area contributed by atoms with E-state index in [0.717, 1.165) is 30.9 Å². The van der Waals surface area contributed by atoms with Crippen molar-refractivity contribution in [1.29, 1.82) is 0 Å². The number of thiazole rings is 1. The molecule has 7 heteroatoms. The number of likely N-dealkylation sites (tertiary alicyclic amines) is 1. The van der Waals surface area contributed by atoms with Gasteiger partial charge in [-0.3, -0.25) is 14.5 Å². The van der Waals surface area contributed by atoms with Crippen molar-refractivity contribution < 1.29 is 9.59 Å². The van der Waals surface area contributed by atoms with Gasteiger partial charge in [-0.2, -0.15) is 0 Å². The van der Waals surface area contributed by atoms with Crippen molar-refractivity contribution in [1.82, 2.24) is 15.2 Å². The molecule has 2 N–H and O–H groups in total. The monoisotopic (exact) mass is 412 g/mol. The molecule has 1 saturated heterocycles. The Hall–Kier alpha value is -2.51. The first-order valence-electron chi connectivity index (χ1n) is 10.1. The molecule has 154 valence electrons. The second-order valence-corrected chi connectivity index (χ2v) is 8.16. The van der Waals surface area contributed by atoms with E-state index in [-0.39, 0.29) is 11.8 Å². The zero-order valence-electron chi connectivity index (χ0n) is 16.8. The summed E-state index contributed by atoms with van der Waals surface area (Å²) in [5.41, 5.74) is 1.91. The Morgan fingerprint density at radius 3 is 2.62 bits per heavy atom. The Balaban J connectivity index is 1.46. The summed E-state index contributed by atoms with van der Waals surface area (Å²) in [6, 6.07) is 8.89. The lowest BCUT2D eigenvalue weighted by atomic mass is 10.2. The van der Waals surface area contributed by atoms with E-state index in [9.17, 15) is 9.59 Å². The molecule has 6 nitrogen and oxygen atoms in total. The average Bonchev–Trinajstić information content (AvgIpc) is 2.99. The van der Waals surface area contributed by atoms with Crippen LogP contribution in [0.3, 0.4) is 0 Å². The Morgan fingerprint density at radius 1 is 1.17 bits per heavy atom. The third kappa shape index (κ3) is 7.11. The second-order valence-electron chi connectivity index (χ2n) is 7.30. The van der Waals surface area contributed by atoms with Crippen LogP contribution in [0.2, 0.25) is 0 Å². The lowest BCUT2D eigenvalue weighted by molar-refractivity contribution is -0.123. The number of amides is 2. The third-order valence-electron chi connectivity index (χ3n) is 4.84. The van der Waals surface area contributed by atoms with Gasteiger partial charge < -0.3 is 10.6 Å². The van der Waals surface area contributed by atoms with Crippen molar-refractivity contribution in [3.8, 4) is 0 Å². The van der Waals surface area contributed by atoms with Crippen LogP contribution in [-0.2, 0) is 16.1 Å². The topological polar surface area (TPSA) is 74.3 Å². The summed E-state index contributed by atoms with van der Waals surface area (Å²) in [6.07, 6.45) is 8.24. The maximum Gasteiger partial charge on any atom is 0.248 e. The summed E-state index contributed by atoms with van der Waals surface area (Å²) in [5.74, 6) is -0.584. The lowest BCUT2D eigenvalue weighted by Crippen LogP contribution is -2.40. The van der Waals surface area contributed by atoms with Crippen LogP contribution >= 0.6 is 11.3 Å². The molecule has 2 amide bonds. The van der Waals surface area contributed by atoms with Gasteiger partial charge in [0, 0.05) is 18.0 Å². The molecule has 29 heavy (non-hydrogen) atoms. The van der Waals surface area contributed by atoms with E-state index in [1.165, 1.54) is 43.1 Å². The van der Waals surface area contributed by atoms with E-state index in [1.54, 1.807) is 13.0 Å². The predicted molar refractivity (Wildman–Crippen MR) is 118 cm³/mol. The minimum absolute atomic E-state index is 0.276. The maximum absolute atomic E-state index is 12.4. The zero-order valence-corrected chi connectivity index (χ0v) is 17.6. The minimum atomic E-state index is -0.652. The van der Waals surface area contributed by atoms with Crippen LogP contribution in [0.5, 0.6) is 0 Å². The fraction of sp³-hybridized carbons (Fsp3) is 0.409. The van der Waals surface area contributed by atoms with Crippen molar-refractivity contribution in [2.45, 2.75) is 45.2 Å². The van der Waals surface area contributed by atoms with E-state index in [1.807, 2.05) is 35.7 Å². The van der Waals surface area contributed by atoms with Gasteiger partial charge in [0.05, 0.1) is 5.69 Å². The number of carbonyl (C=O) groups is 2. The smallest absolute Gasteiger partial charge is 0.248 e. The van der Waals surface area contributed by atoms with Gasteiger partial charge in [-0.1, -0.05) is 43.2 Å². The standard InChI is InChI=1S/C22H28N4O2S/c1-17(23-20(27)12-11-18-9-5-4-6-10-18)21(28)25-22-24-19(16-29-22)15-26-13-7-2-3-8-14-26/h4-6,9-12,16-17H,2-3,7-8,13-15H2,1H3,(H,23,27)(H,24,25,28)/b12-11+. The van der Waals surface area contributed by atoms with E-state index < -0.39 is 6.04 Å². The van der Waals surface area contributed by atoms with E-state index in [0.29, 0.717) is 5.13 Å². The van der Waals surface area contributed by atoms with Crippen LogP contribution in [0.1, 0.15) is 43.9 Å². The molecule has 0 bridgehead atoms. The lowest BCUT2D eigenvalue weighted by Gasteiger charge is -2.18. The van der Waals surface area contributed by atoms with E-state index >= 15 is 0 Å². The zero-order chi connectivity index (χ0) is 20.5. The number of hydrogen-bond acceptors (Lipinski definition) is 5. The van der Waals surface area contributed by atoms with Crippen molar-refractivity contribution in [2.24, 2.45) is 0 Å². The van der Waals surface area contributed by atoms with Crippen molar-refractivity contribution >= 4 is 34.4 Å². The molecular formula is C22H28N4O2S. The van der Waals surface area contributed by atoms with Crippen molar-refractivity contribution in [3.05, 3.63) is 53.0 Å². The number of hydrogen-bond donors (Lipinski definition) is 2. The summed E-state index contributed by atoms with van der Waals surface area (Å²) < 4.78 is 0. The van der Waals surface area contributed by atoms with Gasteiger partial charge in [0.25, 0.3) is 0 Å². The van der Waals surface area contributed by atoms with Crippen molar-refractivity contribution in [2.75, 3.05) is 18.4 Å². The first-order valence-corrected chi connectivity index (χ1v) is 11.0. The van der Waals surface area contributed by atoms with Gasteiger partial charge in [0.15, 0.2) is 5.13 Å². The molecule has 0 radical (unpaired) electrons. The summed E-state index contributed by atoms with van der Waals surface area (Å²) in [4.78, 5) is 31.4. The Kier molecular flexibility index (Phi) is 7.95. The predicted octanol–water partition coefficient (Wildman–Crippen LogP) is 3.68. The Morgan fingerprint density at radius 2 is 1.90 bits per heavy atom. The van der Waals surface area contributed by atoms with Crippen LogP contribution in [0.15, 0.2) is 41.8 Å². The first kappa shape index (κ1) is 21.2. The molecule has 1 aromatic heterocycles. The highest BCUT2D eigenvalue weighted by molar-refractivity contribution is 7.13. The van der Waals surface area contributed by atoms with Gasteiger partial charge in [-0.25, -0.2) is 4.98 Å². The van der Waals surface area contributed by atoms with Gasteiger partial charge in [0.2, 0.25) is 11.8 Å². The molecular weight excluding hydrogens is 384 g/mol. The van der Waals surface area contributed by atoms with Gasteiger partial charge >= 0.3 is 0 Å². The molecule has 1 fully saturated rings. The number of rotatable bonds is 7. The molecule has 3 rings (SSSR count). The highest BCUT2D eigenvalue weighted by Gasteiger charge is 2.17. The normalized spacial score (nSPS) is 16.3. The SMILES string of the molecule is CC(NC(=O)/C=C/c1ccccc1)C(=O)Nc1nc(CN2CCCCCC2)cs1. The van der Waals surface area contributed by atoms with E-state index in [4.69, 9.17) is 0 Å². The number of nitrogens with one attached hydrogen (secondary N) is 2. The molecule has 0 spiro atoms. The average molecular weight is 413 g/mol. The molecule has 1 aliphatic heterocycles. The number of aromatic nitrogens is 1. The highest BCUT2D eigenvalue weighted by Crippen LogP contribution is 2.19. The third-order valence-corrected chi connectivity index (χ3v) is 5.65. The van der Waals surface area contributed by atoms with Crippen LogP contribution in [0.4, 0.5) is 5.13 Å². The van der Waals surface area contributed by atoms with E-state index in [2.05, 4.69) is 20.5 Å². The summed E-state index contributed by atoms with van der Waals surface area (Å²) in [7, 11) is 0. The second kappa shape index (κ2) is 10.9. The van der Waals surface area contributed by atoms with Gasteiger partial charge in [0.1, 0.15) is 6.04 Å². The molecule has 2 aromatic rings. The maximum atomic E-state index is 12.4. The summed E-state index contributed by atoms with van der Waals surface area (Å²) >= 11 is 1.42. The molecule has 0 aliphatic carbocycles. The molecule has 1 unspecified atom stereocenters. The number of nitrogens with zero attached hydrogens (tertiary/aromatic N) is 2. The van der Waals surface area contributed by atoms with Crippen LogP contribution in [0, 0.1) is 0 Å². The molecule has 0 saturated carbocycles. The largest absolute Gasteiger partial charge is 0.341 e. The van der Waals surface area contributed by atoms with Crippen LogP contribution in [0.25, 0.3) is 6.08 Å². The van der Waals surface area contributed by atoms with Gasteiger partial charge in [-0.15, -0.1) is 11.3 Å². The van der Waals surface area contributed by atoms with Crippen LogP contribution < -0.4 is 10.6 Å². The molecule has 2 heterocycles. The fourth-order valence-electron chi connectivity index (χ4n) is 3.24. The Bertz CT molecular complexity index is 826. The first-order chi connectivity index (χ1) is 14.1. The quantitative estimate of drug-likeness (QED) is 0.681.